The Bertz CT molecular complexity index is 810. The fraction of sp³-hybridized carbons (Fsp3) is 0.250. The molecule has 8 heteroatoms. The Morgan fingerprint density at radius 2 is 2.15 bits per heavy atom. The van der Waals surface area contributed by atoms with E-state index in [-0.39, 0.29) is 12.0 Å². The van der Waals surface area contributed by atoms with Crippen LogP contribution in [0, 0.1) is 0 Å². The van der Waals surface area contributed by atoms with Crippen LogP contribution in [0.5, 0.6) is 0 Å². The Balaban J connectivity index is 2.12. The summed E-state index contributed by atoms with van der Waals surface area (Å²) in [5, 5.41) is 0.631. The average molecular weight is 297 g/mol. The molecule has 1 saturated heterocycles. The molecule has 1 N–H and O–H groups in total. The Hall–Kier alpha value is -2.28. The maximum atomic E-state index is 12.2. The SMILES string of the molecule is O=C1OCCC1On1c(=O)[nH]c2cc(Cl)ccc2c1=O. The van der Waals surface area contributed by atoms with Crippen LogP contribution in [0.15, 0.2) is 27.8 Å². The predicted molar refractivity (Wildman–Crippen MR) is 69.8 cm³/mol. The van der Waals surface area contributed by atoms with E-state index < -0.39 is 23.3 Å². The van der Waals surface area contributed by atoms with Gasteiger partial charge in [-0.25, -0.2) is 9.59 Å². The summed E-state index contributed by atoms with van der Waals surface area (Å²) in [6.45, 7) is 0.208. The summed E-state index contributed by atoms with van der Waals surface area (Å²) >= 11 is 5.80. The summed E-state index contributed by atoms with van der Waals surface area (Å²) in [6.07, 6.45) is -0.651. The third-order valence-electron chi connectivity index (χ3n) is 2.94. The second-order valence-electron chi connectivity index (χ2n) is 4.27. The molecule has 1 aromatic carbocycles. The molecule has 0 radical (unpaired) electrons. The largest absolute Gasteiger partial charge is 0.463 e. The lowest BCUT2D eigenvalue weighted by Gasteiger charge is -2.10. The molecule has 1 aromatic heterocycles. The molecule has 1 aliphatic rings. The number of H-pyrrole nitrogens is 1. The third-order valence-corrected chi connectivity index (χ3v) is 3.18. The van der Waals surface area contributed by atoms with Crippen LogP contribution in [-0.2, 0) is 9.53 Å². The van der Waals surface area contributed by atoms with Crippen molar-refractivity contribution in [3.63, 3.8) is 0 Å². The highest BCUT2D eigenvalue weighted by atomic mass is 35.5. The van der Waals surface area contributed by atoms with Crippen LogP contribution in [-0.4, -0.2) is 28.4 Å². The summed E-state index contributed by atoms with van der Waals surface area (Å²) < 4.78 is 5.25. The number of carbonyl (C=O) groups excluding carboxylic acids is 1. The van der Waals surface area contributed by atoms with E-state index in [1.54, 1.807) is 0 Å². The molecular weight excluding hydrogens is 288 g/mol. The summed E-state index contributed by atoms with van der Waals surface area (Å²) in [6, 6.07) is 4.47. The lowest BCUT2D eigenvalue weighted by molar-refractivity contribution is -0.147. The number of fused-ring (bicyclic) bond motifs is 1. The zero-order chi connectivity index (χ0) is 14.3. The van der Waals surface area contributed by atoms with Crippen LogP contribution in [0.25, 0.3) is 10.9 Å². The number of benzene rings is 1. The molecule has 7 nitrogen and oxygen atoms in total. The molecule has 2 heterocycles. The number of hydrogen-bond acceptors (Lipinski definition) is 5. The van der Waals surface area contributed by atoms with Gasteiger partial charge in [-0.3, -0.25) is 4.79 Å². The molecule has 0 amide bonds. The van der Waals surface area contributed by atoms with Gasteiger partial charge in [0.1, 0.15) is 0 Å². The number of esters is 1. The molecule has 3 rings (SSSR count). The van der Waals surface area contributed by atoms with Crippen molar-refractivity contribution in [3.05, 3.63) is 44.1 Å². The Labute approximate surface area is 116 Å². The molecule has 0 bridgehead atoms. The van der Waals surface area contributed by atoms with Crippen LogP contribution < -0.4 is 16.1 Å². The van der Waals surface area contributed by atoms with Gasteiger partial charge in [0.05, 0.1) is 17.5 Å². The van der Waals surface area contributed by atoms with Crippen LogP contribution in [0.2, 0.25) is 5.02 Å². The molecule has 0 spiro atoms. The Morgan fingerprint density at radius 1 is 1.35 bits per heavy atom. The first-order chi connectivity index (χ1) is 9.56. The normalized spacial score (nSPS) is 18.2. The van der Waals surface area contributed by atoms with Gasteiger partial charge >= 0.3 is 11.7 Å². The van der Waals surface area contributed by atoms with E-state index in [4.69, 9.17) is 21.2 Å². The quantitative estimate of drug-likeness (QED) is 0.793. The zero-order valence-electron chi connectivity index (χ0n) is 10.1. The number of rotatable bonds is 2. The summed E-state index contributed by atoms with van der Waals surface area (Å²) in [7, 11) is 0. The average Bonchev–Trinajstić information content (AvgIpc) is 2.79. The van der Waals surface area contributed by atoms with Crippen molar-refractivity contribution in [3.8, 4) is 0 Å². The minimum Gasteiger partial charge on any atom is -0.463 e. The Morgan fingerprint density at radius 3 is 2.85 bits per heavy atom. The van der Waals surface area contributed by atoms with Gasteiger partial charge in [0.2, 0.25) is 6.10 Å². The van der Waals surface area contributed by atoms with Crippen LogP contribution >= 0.6 is 11.6 Å². The number of nitrogens with zero attached hydrogens (tertiary/aromatic N) is 1. The van der Waals surface area contributed by atoms with Crippen LogP contribution in [0.3, 0.4) is 0 Å². The number of hydrogen-bond donors (Lipinski definition) is 1. The van der Waals surface area contributed by atoms with Gasteiger partial charge in [-0.05, 0) is 18.2 Å². The summed E-state index contributed by atoms with van der Waals surface area (Å²) in [5.41, 5.74) is -1.12. The minimum absolute atomic E-state index is 0.208. The maximum absolute atomic E-state index is 12.2. The second kappa shape index (κ2) is 4.68. The van der Waals surface area contributed by atoms with E-state index in [9.17, 15) is 14.4 Å². The van der Waals surface area contributed by atoms with Gasteiger partial charge in [-0.1, -0.05) is 16.3 Å². The van der Waals surface area contributed by atoms with Crippen LogP contribution in [0.1, 0.15) is 6.42 Å². The first kappa shape index (κ1) is 12.7. The van der Waals surface area contributed by atoms with Crippen molar-refractivity contribution < 1.29 is 14.4 Å². The topological polar surface area (TPSA) is 90.4 Å². The Kier molecular flexibility index (Phi) is 2.98. The molecular formula is C12H9ClN2O5. The predicted octanol–water partition coefficient (Wildman–Crippen LogP) is 0.0873. The van der Waals surface area contributed by atoms with E-state index in [1.165, 1.54) is 18.2 Å². The first-order valence-corrected chi connectivity index (χ1v) is 6.22. The number of aromatic amines is 1. The van der Waals surface area contributed by atoms with Crippen molar-refractivity contribution >= 4 is 28.5 Å². The number of nitrogens with one attached hydrogen (secondary N) is 1. The molecule has 2 aromatic rings. The second-order valence-corrected chi connectivity index (χ2v) is 4.71. The van der Waals surface area contributed by atoms with Crippen molar-refractivity contribution in [2.45, 2.75) is 12.5 Å². The highest BCUT2D eigenvalue weighted by Crippen LogP contribution is 2.13. The molecule has 20 heavy (non-hydrogen) atoms. The number of ether oxygens (including phenoxy) is 1. The highest BCUT2D eigenvalue weighted by Gasteiger charge is 2.30. The van der Waals surface area contributed by atoms with E-state index in [0.717, 1.165) is 0 Å². The molecule has 0 saturated carbocycles. The molecule has 1 fully saturated rings. The molecule has 1 atom stereocenters. The van der Waals surface area contributed by atoms with Gasteiger partial charge in [0.25, 0.3) is 5.56 Å². The summed E-state index contributed by atoms with van der Waals surface area (Å²) in [5.74, 6) is -0.590. The molecule has 104 valence electrons. The number of aromatic nitrogens is 2. The lowest BCUT2D eigenvalue weighted by atomic mass is 10.2. The number of carbonyl (C=O) groups is 1. The van der Waals surface area contributed by atoms with Gasteiger partial charge in [0.15, 0.2) is 0 Å². The van der Waals surface area contributed by atoms with Crippen molar-refractivity contribution in [2.75, 3.05) is 6.61 Å². The standard InChI is InChI=1S/C12H9ClN2O5/c13-6-1-2-7-8(5-6)14-12(18)15(10(7)16)20-9-3-4-19-11(9)17/h1-2,5,9H,3-4H2,(H,14,18). The monoisotopic (exact) mass is 296 g/mol. The fourth-order valence-electron chi connectivity index (χ4n) is 1.97. The van der Waals surface area contributed by atoms with E-state index in [2.05, 4.69) is 4.98 Å². The van der Waals surface area contributed by atoms with E-state index >= 15 is 0 Å². The van der Waals surface area contributed by atoms with E-state index in [0.29, 0.717) is 21.7 Å². The van der Waals surface area contributed by atoms with Crippen molar-refractivity contribution in [1.29, 1.82) is 0 Å². The molecule has 1 unspecified atom stereocenters. The number of cyclic esters (lactones) is 1. The van der Waals surface area contributed by atoms with E-state index in [1.807, 2.05) is 0 Å². The highest BCUT2D eigenvalue weighted by molar-refractivity contribution is 6.31. The van der Waals surface area contributed by atoms with Gasteiger partial charge in [-0.2, -0.15) is 0 Å². The van der Waals surface area contributed by atoms with Crippen molar-refractivity contribution in [1.82, 2.24) is 9.71 Å². The van der Waals surface area contributed by atoms with Gasteiger partial charge in [-0.15, -0.1) is 0 Å². The smallest absolute Gasteiger partial charge is 0.362 e. The maximum Gasteiger partial charge on any atom is 0.362 e. The van der Waals surface area contributed by atoms with Gasteiger partial charge < -0.3 is 14.6 Å². The number of halogens is 1. The third kappa shape index (κ3) is 2.05. The molecule has 1 aliphatic heterocycles. The zero-order valence-corrected chi connectivity index (χ0v) is 10.8. The minimum atomic E-state index is -0.946. The fourth-order valence-corrected chi connectivity index (χ4v) is 2.14. The first-order valence-electron chi connectivity index (χ1n) is 5.84. The lowest BCUT2D eigenvalue weighted by Crippen LogP contribution is -2.44. The summed E-state index contributed by atoms with van der Waals surface area (Å²) in [4.78, 5) is 43.0. The molecule has 0 aliphatic carbocycles. The van der Waals surface area contributed by atoms with Gasteiger partial charge in [0, 0.05) is 11.4 Å². The van der Waals surface area contributed by atoms with Crippen molar-refractivity contribution in [2.24, 2.45) is 0 Å². The van der Waals surface area contributed by atoms with Crippen LogP contribution in [0.4, 0.5) is 0 Å².